The quantitative estimate of drug-likeness (QED) is 0.868. The summed E-state index contributed by atoms with van der Waals surface area (Å²) in [6.07, 6.45) is 2.40. The van der Waals surface area contributed by atoms with Gasteiger partial charge in [0.15, 0.2) is 0 Å². The van der Waals surface area contributed by atoms with Gasteiger partial charge < -0.3 is 5.32 Å². The van der Waals surface area contributed by atoms with Crippen molar-refractivity contribution in [3.8, 4) is 0 Å². The van der Waals surface area contributed by atoms with Crippen LogP contribution in [0.3, 0.4) is 0 Å². The van der Waals surface area contributed by atoms with Gasteiger partial charge in [-0.3, -0.25) is 0 Å². The first-order valence-electron chi connectivity index (χ1n) is 5.85. The normalized spacial score (nSPS) is 19.6. The molecule has 2 rings (SSSR count). The molecule has 1 aromatic carbocycles. The molecule has 1 heterocycles. The molecule has 88 valence electrons. The molecule has 0 bridgehead atoms. The second-order valence-electron chi connectivity index (χ2n) is 4.30. The SMILES string of the molecule is C[C@@H](NC1CCSCC1)c1ccccc1F. The molecule has 1 saturated heterocycles. The van der Waals surface area contributed by atoms with Gasteiger partial charge in [-0.2, -0.15) is 11.8 Å². The van der Waals surface area contributed by atoms with Crippen LogP contribution < -0.4 is 5.32 Å². The Hall–Kier alpha value is -0.540. The van der Waals surface area contributed by atoms with E-state index in [4.69, 9.17) is 0 Å². The molecule has 0 unspecified atom stereocenters. The van der Waals surface area contributed by atoms with Crippen molar-refractivity contribution >= 4 is 11.8 Å². The molecule has 0 saturated carbocycles. The maximum Gasteiger partial charge on any atom is 0.127 e. The van der Waals surface area contributed by atoms with Gasteiger partial charge in [-0.05, 0) is 37.3 Å². The minimum absolute atomic E-state index is 0.104. The third-order valence-corrected chi connectivity index (χ3v) is 4.13. The maximum atomic E-state index is 13.6. The number of hydrogen-bond donors (Lipinski definition) is 1. The second kappa shape index (κ2) is 5.69. The molecule has 0 radical (unpaired) electrons. The van der Waals surface area contributed by atoms with Crippen molar-refractivity contribution in [1.82, 2.24) is 5.32 Å². The molecule has 0 amide bonds. The smallest absolute Gasteiger partial charge is 0.127 e. The Morgan fingerprint density at radius 3 is 2.69 bits per heavy atom. The minimum Gasteiger partial charge on any atom is -0.307 e. The lowest BCUT2D eigenvalue weighted by Crippen LogP contribution is -2.34. The Balaban J connectivity index is 1.96. The lowest BCUT2D eigenvalue weighted by molar-refractivity contribution is 0.421. The topological polar surface area (TPSA) is 12.0 Å². The first-order chi connectivity index (χ1) is 7.77. The van der Waals surface area contributed by atoms with Crippen LogP contribution in [0.4, 0.5) is 4.39 Å². The summed E-state index contributed by atoms with van der Waals surface area (Å²) in [5, 5.41) is 3.52. The van der Waals surface area contributed by atoms with Crippen molar-refractivity contribution in [3.63, 3.8) is 0 Å². The minimum atomic E-state index is -0.104. The van der Waals surface area contributed by atoms with E-state index in [1.807, 2.05) is 30.8 Å². The zero-order chi connectivity index (χ0) is 11.4. The average Bonchev–Trinajstić information content (AvgIpc) is 2.31. The highest BCUT2D eigenvalue weighted by molar-refractivity contribution is 7.99. The molecule has 1 atom stereocenters. The second-order valence-corrected chi connectivity index (χ2v) is 5.52. The highest BCUT2D eigenvalue weighted by atomic mass is 32.2. The molecule has 0 aliphatic carbocycles. The fourth-order valence-electron chi connectivity index (χ4n) is 2.13. The lowest BCUT2D eigenvalue weighted by Gasteiger charge is -2.26. The third kappa shape index (κ3) is 2.98. The van der Waals surface area contributed by atoms with Crippen molar-refractivity contribution < 1.29 is 4.39 Å². The van der Waals surface area contributed by atoms with Gasteiger partial charge in [-0.15, -0.1) is 0 Å². The molecule has 1 N–H and O–H groups in total. The van der Waals surface area contributed by atoms with E-state index in [2.05, 4.69) is 5.32 Å². The third-order valence-electron chi connectivity index (χ3n) is 3.08. The maximum absolute atomic E-state index is 13.6. The van der Waals surface area contributed by atoms with E-state index in [1.165, 1.54) is 30.4 Å². The molecule has 1 fully saturated rings. The summed E-state index contributed by atoms with van der Waals surface area (Å²) in [7, 11) is 0. The lowest BCUT2D eigenvalue weighted by atomic mass is 10.0. The van der Waals surface area contributed by atoms with Gasteiger partial charge in [0.05, 0.1) is 0 Å². The number of hydrogen-bond acceptors (Lipinski definition) is 2. The van der Waals surface area contributed by atoms with Gasteiger partial charge >= 0.3 is 0 Å². The van der Waals surface area contributed by atoms with Gasteiger partial charge in [-0.1, -0.05) is 18.2 Å². The van der Waals surface area contributed by atoms with E-state index in [9.17, 15) is 4.39 Å². The van der Waals surface area contributed by atoms with Crippen LogP contribution in [0.15, 0.2) is 24.3 Å². The Morgan fingerprint density at radius 2 is 2.00 bits per heavy atom. The summed E-state index contributed by atoms with van der Waals surface area (Å²) >= 11 is 2.01. The van der Waals surface area contributed by atoms with E-state index in [0.29, 0.717) is 6.04 Å². The molecule has 0 spiro atoms. The zero-order valence-corrected chi connectivity index (χ0v) is 10.4. The van der Waals surface area contributed by atoms with E-state index in [1.54, 1.807) is 6.07 Å². The van der Waals surface area contributed by atoms with Crippen LogP contribution in [0.25, 0.3) is 0 Å². The van der Waals surface area contributed by atoms with E-state index in [0.717, 1.165) is 5.56 Å². The fourth-order valence-corrected chi connectivity index (χ4v) is 3.24. The largest absolute Gasteiger partial charge is 0.307 e. The van der Waals surface area contributed by atoms with Crippen LogP contribution in [0, 0.1) is 5.82 Å². The fraction of sp³-hybridized carbons (Fsp3) is 0.538. The molecule has 1 aliphatic heterocycles. The molecular formula is C13H18FNS. The van der Waals surface area contributed by atoms with Crippen molar-refractivity contribution in [3.05, 3.63) is 35.6 Å². The standard InChI is InChI=1S/C13H18FNS/c1-10(12-4-2-3-5-13(12)14)15-11-6-8-16-9-7-11/h2-5,10-11,15H,6-9H2,1H3/t10-/m1/s1. The van der Waals surface area contributed by atoms with Gasteiger partial charge in [0, 0.05) is 17.6 Å². The molecule has 3 heteroatoms. The molecule has 1 aliphatic rings. The summed E-state index contributed by atoms with van der Waals surface area (Å²) in [5.74, 6) is 2.34. The zero-order valence-electron chi connectivity index (χ0n) is 9.58. The molecule has 16 heavy (non-hydrogen) atoms. The Morgan fingerprint density at radius 1 is 1.31 bits per heavy atom. The van der Waals surface area contributed by atoms with E-state index >= 15 is 0 Å². The van der Waals surface area contributed by atoms with Crippen molar-refractivity contribution in [1.29, 1.82) is 0 Å². The van der Waals surface area contributed by atoms with Gasteiger partial charge in [0.2, 0.25) is 0 Å². The number of thioether (sulfide) groups is 1. The first kappa shape index (κ1) is 11.9. The number of nitrogens with one attached hydrogen (secondary N) is 1. The molecule has 1 aromatic rings. The molecule has 1 nitrogen and oxygen atoms in total. The first-order valence-corrected chi connectivity index (χ1v) is 7.01. The Bertz CT molecular complexity index is 336. The molecule has 0 aromatic heterocycles. The van der Waals surface area contributed by atoms with E-state index in [-0.39, 0.29) is 11.9 Å². The average molecular weight is 239 g/mol. The van der Waals surface area contributed by atoms with E-state index < -0.39 is 0 Å². The van der Waals surface area contributed by atoms with Crippen LogP contribution in [0.1, 0.15) is 31.4 Å². The predicted molar refractivity (Wildman–Crippen MR) is 68.3 cm³/mol. The van der Waals surface area contributed by atoms with Crippen molar-refractivity contribution in [2.75, 3.05) is 11.5 Å². The van der Waals surface area contributed by atoms with Gasteiger partial charge in [-0.25, -0.2) is 4.39 Å². The number of benzene rings is 1. The summed E-state index contributed by atoms with van der Waals surface area (Å²) in [4.78, 5) is 0. The predicted octanol–water partition coefficient (Wildman–Crippen LogP) is 3.37. The summed E-state index contributed by atoms with van der Waals surface area (Å²) in [6.45, 7) is 2.04. The highest BCUT2D eigenvalue weighted by Gasteiger charge is 2.17. The summed E-state index contributed by atoms with van der Waals surface area (Å²) < 4.78 is 13.6. The van der Waals surface area contributed by atoms with Crippen LogP contribution in [0.2, 0.25) is 0 Å². The van der Waals surface area contributed by atoms with Crippen LogP contribution in [-0.4, -0.2) is 17.5 Å². The highest BCUT2D eigenvalue weighted by Crippen LogP contribution is 2.22. The van der Waals surface area contributed by atoms with Crippen molar-refractivity contribution in [2.24, 2.45) is 0 Å². The number of rotatable bonds is 3. The number of halogens is 1. The summed E-state index contributed by atoms with van der Waals surface area (Å²) in [5.41, 5.74) is 0.778. The van der Waals surface area contributed by atoms with Crippen LogP contribution >= 0.6 is 11.8 Å². The van der Waals surface area contributed by atoms with Crippen LogP contribution in [0.5, 0.6) is 0 Å². The van der Waals surface area contributed by atoms with Crippen LogP contribution in [-0.2, 0) is 0 Å². The Kier molecular flexibility index (Phi) is 4.24. The van der Waals surface area contributed by atoms with Crippen molar-refractivity contribution in [2.45, 2.75) is 31.8 Å². The van der Waals surface area contributed by atoms with Gasteiger partial charge in [0.1, 0.15) is 5.82 Å². The Labute approximate surface area is 101 Å². The monoisotopic (exact) mass is 239 g/mol. The van der Waals surface area contributed by atoms with Gasteiger partial charge in [0.25, 0.3) is 0 Å². The summed E-state index contributed by atoms with van der Waals surface area (Å²) in [6, 6.07) is 7.69. The molecular weight excluding hydrogens is 221 g/mol.